The molecule has 1 aliphatic carbocycles. The molecule has 1 amide bonds. The number of rotatable bonds is 7. The van der Waals surface area contributed by atoms with E-state index in [0.29, 0.717) is 30.6 Å². The lowest BCUT2D eigenvalue weighted by Gasteiger charge is -2.31. The molecule has 1 N–H and O–H groups in total. The molecule has 7 heteroatoms. The van der Waals surface area contributed by atoms with Crippen LogP contribution < -0.4 is 10.1 Å². The van der Waals surface area contributed by atoms with Crippen LogP contribution in [0.2, 0.25) is 0 Å². The zero-order chi connectivity index (χ0) is 18.3. The average molecular weight is 343 g/mol. The van der Waals surface area contributed by atoms with Gasteiger partial charge in [-0.2, -0.15) is 5.26 Å². The summed E-state index contributed by atoms with van der Waals surface area (Å²) in [5.41, 5.74) is -0.262. The lowest BCUT2D eigenvalue weighted by molar-refractivity contribution is -0.384. The predicted octanol–water partition coefficient (Wildman–Crippen LogP) is 3.04. The summed E-state index contributed by atoms with van der Waals surface area (Å²) in [6.45, 7) is 3.38. The molecule has 0 unspecified atom stereocenters. The van der Waals surface area contributed by atoms with E-state index in [9.17, 15) is 20.2 Å². The van der Waals surface area contributed by atoms with Crippen LogP contribution in [0.15, 0.2) is 30.9 Å². The Morgan fingerprint density at radius 3 is 2.76 bits per heavy atom. The molecule has 0 aromatic heterocycles. The van der Waals surface area contributed by atoms with Gasteiger partial charge >= 0.3 is 0 Å². The molecule has 0 radical (unpaired) electrons. The molecule has 7 nitrogen and oxygen atoms in total. The maximum absolute atomic E-state index is 12.2. The molecule has 0 heterocycles. The van der Waals surface area contributed by atoms with Crippen LogP contribution in [0.25, 0.3) is 0 Å². The van der Waals surface area contributed by atoms with Crippen LogP contribution in [-0.4, -0.2) is 23.0 Å². The van der Waals surface area contributed by atoms with Crippen molar-refractivity contribution in [3.63, 3.8) is 0 Å². The number of carbonyl (C=O) groups excluding carboxylic acids is 1. The molecule has 1 saturated carbocycles. The second kappa shape index (κ2) is 8.29. The highest BCUT2D eigenvalue weighted by Crippen LogP contribution is 2.28. The van der Waals surface area contributed by atoms with Gasteiger partial charge in [-0.15, -0.1) is 6.58 Å². The third kappa shape index (κ3) is 4.80. The molecule has 1 aromatic carbocycles. The van der Waals surface area contributed by atoms with E-state index in [1.54, 1.807) is 6.08 Å². The lowest BCUT2D eigenvalue weighted by Crippen LogP contribution is -2.50. The van der Waals surface area contributed by atoms with E-state index in [1.165, 1.54) is 18.2 Å². The van der Waals surface area contributed by atoms with Crippen LogP contribution in [0, 0.1) is 21.4 Å². The fourth-order valence-electron chi connectivity index (χ4n) is 3.00. The minimum atomic E-state index is -0.807. The number of non-ortho nitro benzene ring substituents is 1. The molecule has 0 atom stereocenters. The number of hydrogen-bond donors (Lipinski definition) is 1. The number of ether oxygens (including phenoxy) is 1. The number of benzene rings is 1. The summed E-state index contributed by atoms with van der Waals surface area (Å²) in [6, 6.07) is 6.44. The Labute approximate surface area is 146 Å². The smallest absolute Gasteiger partial charge is 0.269 e. The highest BCUT2D eigenvalue weighted by molar-refractivity contribution is 5.79. The number of hydrogen-bond acceptors (Lipinski definition) is 5. The molecule has 0 spiro atoms. The SMILES string of the molecule is C=CCc1cc([N+](=O)[O-])ccc1OCC(=O)NC1(C#N)CCCCC1. The third-order valence-corrected chi connectivity index (χ3v) is 4.28. The summed E-state index contributed by atoms with van der Waals surface area (Å²) in [4.78, 5) is 22.6. The average Bonchev–Trinajstić information content (AvgIpc) is 2.61. The Balaban J connectivity index is 2.02. The first kappa shape index (κ1) is 18.5. The molecular formula is C18H21N3O4. The maximum atomic E-state index is 12.2. The molecule has 1 aliphatic rings. The summed E-state index contributed by atoms with van der Waals surface area (Å²) in [5.74, 6) is 0.0293. The zero-order valence-corrected chi connectivity index (χ0v) is 14.0. The van der Waals surface area contributed by atoms with Crippen molar-refractivity contribution in [3.05, 3.63) is 46.5 Å². The summed E-state index contributed by atoms with van der Waals surface area (Å²) in [7, 11) is 0. The first-order chi connectivity index (χ1) is 12.0. The molecule has 0 saturated heterocycles. The molecule has 1 fully saturated rings. The molecule has 132 valence electrons. The van der Waals surface area contributed by atoms with Crippen molar-refractivity contribution in [2.45, 2.75) is 44.1 Å². The number of nitriles is 1. The van der Waals surface area contributed by atoms with Gasteiger partial charge in [0, 0.05) is 17.7 Å². The largest absolute Gasteiger partial charge is 0.483 e. The molecule has 1 aromatic rings. The number of nitrogens with one attached hydrogen (secondary N) is 1. The quantitative estimate of drug-likeness (QED) is 0.465. The Hall–Kier alpha value is -2.88. The van der Waals surface area contributed by atoms with E-state index in [-0.39, 0.29) is 18.2 Å². The zero-order valence-electron chi connectivity index (χ0n) is 14.0. The van der Waals surface area contributed by atoms with Crippen molar-refractivity contribution in [2.75, 3.05) is 6.61 Å². The van der Waals surface area contributed by atoms with E-state index < -0.39 is 10.5 Å². The molecule has 25 heavy (non-hydrogen) atoms. The first-order valence-electron chi connectivity index (χ1n) is 8.23. The Kier molecular flexibility index (Phi) is 6.12. The van der Waals surface area contributed by atoms with Gasteiger partial charge in [-0.1, -0.05) is 25.3 Å². The fourth-order valence-corrected chi connectivity index (χ4v) is 3.00. The van der Waals surface area contributed by atoms with Gasteiger partial charge in [0.05, 0.1) is 11.0 Å². The standard InChI is InChI=1S/C18H21N3O4/c1-2-6-14-11-15(21(23)24)7-8-16(14)25-12-17(22)20-18(13-19)9-4-3-5-10-18/h2,7-8,11H,1,3-6,9-10,12H2,(H,20,22). The van der Waals surface area contributed by atoms with Crippen molar-refractivity contribution < 1.29 is 14.5 Å². The van der Waals surface area contributed by atoms with E-state index in [2.05, 4.69) is 18.0 Å². The lowest BCUT2D eigenvalue weighted by atomic mass is 9.83. The Bertz CT molecular complexity index is 703. The van der Waals surface area contributed by atoms with Crippen LogP contribution in [-0.2, 0) is 11.2 Å². The highest BCUT2D eigenvalue weighted by atomic mass is 16.6. The van der Waals surface area contributed by atoms with Crippen molar-refractivity contribution in [1.29, 1.82) is 5.26 Å². The van der Waals surface area contributed by atoms with Crippen molar-refractivity contribution in [3.8, 4) is 11.8 Å². The number of allylic oxidation sites excluding steroid dienone is 1. The minimum absolute atomic E-state index is 0.0423. The number of nitrogens with zero attached hydrogens (tertiary/aromatic N) is 2. The third-order valence-electron chi connectivity index (χ3n) is 4.28. The molecule has 0 aliphatic heterocycles. The molecule has 2 rings (SSSR count). The van der Waals surface area contributed by atoms with E-state index >= 15 is 0 Å². The van der Waals surface area contributed by atoms with Gasteiger partial charge in [-0.05, 0) is 25.3 Å². The monoisotopic (exact) mass is 343 g/mol. The summed E-state index contributed by atoms with van der Waals surface area (Å²) >= 11 is 0. The minimum Gasteiger partial charge on any atom is -0.483 e. The van der Waals surface area contributed by atoms with Gasteiger partial charge in [-0.3, -0.25) is 14.9 Å². The molecular weight excluding hydrogens is 322 g/mol. The van der Waals surface area contributed by atoms with Crippen LogP contribution in [0.3, 0.4) is 0 Å². The van der Waals surface area contributed by atoms with Gasteiger partial charge in [-0.25, -0.2) is 0 Å². The van der Waals surface area contributed by atoms with Crippen molar-refractivity contribution in [1.82, 2.24) is 5.32 Å². The van der Waals surface area contributed by atoms with E-state index in [4.69, 9.17) is 4.74 Å². The van der Waals surface area contributed by atoms with Gasteiger partial charge in [0.15, 0.2) is 6.61 Å². The van der Waals surface area contributed by atoms with Crippen LogP contribution in [0.4, 0.5) is 5.69 Å². The first-order valence-corrected chi connectivity index (χ1v) is 8.23. The van der Waals surface area contributed by atoms with E-state index in [0.717, 1.165) is 19.3 Å². The summed E-state index contributed by atoms with van der Waals surface area (Å²) < 4.78 is 5.53. The fraction of sp³-hybridized carbons (Fsp3) is 0.444. The Morgan fingerprint density at radius 2 is 2.16 bits per heavy atom. The summed E-state index contributed by atoms with van der Waals surface area (Å²) in [6.07, 6.45) is 6.20. The topological polar surface area (TPSA) is 105 Å². The van der Waals surface area contributed by atoms with Gasteiger partial charge in [0.25, 0.3) is 11.6 Å². The van der Waals surface area contributed by atoms with Crippen LogP contribution >= 0.6 is 0 Å². The highest BCUT2D eigenvalue weighted by Gasteiger charge is 2.33. The second-order valence-electron chi connectivity index (χ2n) is 6.13. The van der Waals surface area contributed by atoms with E-state index in [1.807, 2.05) is 0 Å². The van der Waals surface area contributed by atoms with Crippen LogP contribution in [0.1, 0.15) is 37.7 Å². The normalized spacial score (nSPS) is 15.6. The number of nitro groups is 1. The summed E-state index contributed by atoms with van der Waals surface area (Å²) in [5, 5.41) is 23.0. The van der Waals surface area contributed by atoms with Crippen LogP contribution in [0.5, 0.6) is 5.75 Å². The number of amides is 1. The Morgan fingerprint density at radius 1 is 1.44 bits per heavy atom. The predicted molar refractivity (Wildman–Crippen MR) is 92.1 cm³/mol. The van der Waals surface area contributed by atoms with Gasteiger partial charge in [0.1, 0.15) is 11.3 Å². The van der Waals surface area contributed by atoms with Gasteiger partial charge in [0.2, 0.25) is 0 Å². The number of nitro benzene ring substituents is 1. The van der Waals surface area contributed by atoms with Crippen molar-refractivity contribution >= 4 is 11.6 Å². The second-order valence-corrected chi connectivity index (χ2v) is 6.13. The van der Waals surface area contributed by atoms with Crippen molar-refractivity contribution in [2.24, 2.45) is 0 Å². The van der Waals surface area contributed by atoms with Gasteiger partial charge < -0.3 is 10.1 Å². The maximum Gasteiger partial charge on any atom is 0.269 e. The molecule has 0 bridgehead atoms. The number of carbonyl (C=O) groups is 1.